The van der Waals surface area contributed by atoms with Gasteiger partial charge in [-0.15, -0.1) is 16.8 Å². The van der Waals surface area contributed by atoms with Crippen LogP contribution < -0.4 is 10.1 Å². The molecule has 0 saturated heterocycles. The van der Waals surface area contributed by atoms with Crippen molar-refractivity contribution in [2.24, 2.45) is 0 Å². The van der Waals surface area contributed by atoms with Crippen molar-refractivity contribution < 1.29 is 9.53 Å². The molecular formula is C22H24N4O2S. The smallest absolute Gasteiger partial charge is 0.230 e. The van der Waals surface area contributed by atoms with E-state index in [-0.39, 0.29) is 11.7 Å². The molecule has 29 heavy (non-hydrogen) atoms. The van der Waals surface area contributed by atoms with E-state index in [0.29, 0.717) is 30.7 Å². The Balaban J connectivity index is 1.70. The Labute approximate surface area is 175 Å². The predicted octanol–water partition coefficient (Wildman–Crippen LogP) is 3.94. The van der Waals surface area contributed by atoms with Crippen molar-refractivity contribution in [1.82, 2.24) is 20.1 Å². The number of thioether (sulfide) groups is 1. The van der Waals surface area contributed by atoms with Crippen LogP contribution in [0.2, 0.25) is 0 Å². The largest absolute Gasteiger partial charge is 0.493 e. The summed E-state index contributed by atoms with van der Waals surface area (Å²) >= 11 is 1.35. The fraction of sp³-hybridized carbons (Fsp3) is 0.227. The van der Waals surface area contributed by atoms with Crippen LogP contribution in [0.1, 0.15) is 12.5 Å². The molecule has 0 aliphatic heterocycles. The fourth-order valence-electron chi connectivity index (χ4n) is 2.80. The number of ether oxygens (including phenoxy) is 1. The minimum absolute atomic E-state index is 0.0525. The van der Waals surface area contributed by atoms with Gasteiger partial charge in [0.1, 0.15) is 5.75 Å². The minimum atomic E-state index is -0.0525. The third-order valence-electron chi connectivity index (χ3n) is 4.12. The molecule has 0 atom stereocenters. The second kappa shape index (κ2) is 10.5. The first-order valence-corrected chi connectivity index (χ1v) is 10.4. The second-order valence-corrected chi connectivity index (χ2v) is 7.13. The van der Waals surface area contributed by atoms with Gasteiger partial charge in [0.25, 0.3) is 0 Å². The zero-order valence-corrected chi connectivity index (χ0v) is 17.2. The number of para-hydroxylation sites is 1. The van der Waals surface area contributed by atoms with Crippen LogP contribution in [0.4, 0.5) is 0 Å². The Morgan fingerprint density at radius 2 is 1.93 bits per heavy atom. The molecule has 3 rings (SSSR count). The maximum absolute atomic E-state index is 12.2. The van der Waals surface area contributed by atoms with Crippen LogP contribution in [0.5, 0.6) is 5.75 Å². The molecule has 0 bridgehead atoms. The molecule has 3 aromatic rings. The van der Waals surface area contributed by atoms with E-state index in [2.05, 4.69) is 22.1 Å². The zero-order valence-electron chi connectivity index (χ0n) is 16.4. The summed E-state index contributed by atoms with van der Waals surface area (Å²) < 4.78 is 7.67. The van der Waals surface area contributed by atoms with Gasteiger partial charge in [-0.3, -0.25) is 9.36 Å². The lowest BCUT2D eigenvalue weighted by atomic mass is 10.2. The predicted molar refractivity (Wildman–Crippen MR) is 116 cm³/mol. The minimum Gasteiger partial charge on any atom is -0.493 e. The molecule has 1 amide bonds. The number of hydrogen-bond acceptors (Lipinski definition) is 5. The van der Waals surface area contributed by atoms with Crippen molar-refractivity contribution in [3.05, 3.63) is 72.8 Å². The summed E-state index contributed by atoms with van der Waals surface area (Å²) in [5.74, 6) is 1.66. The Morgan fingerprint density at radius 1 is 1.17 bits per heavy atom. The third-order valence-corrected chi connectivity index (χ3v) is 5.09. The van der Waals surface area contributed by atoms with E-state index in [1.807, 2.05) is 66.1 Å². The van der Waals surface area contributed by atoms with E-state index in [4.69, 9.17) is 4.74 Å². The number of nitrogens with zero attached hydrogens (tertiary/aromatic N) is 3. The highest BCUT2D eigenvalue weighted by molar-refractivity contribution is 7.99. The van der Waals surface area contributed by atoms with Gasteiger partial charge in [0, 0.05) is 13.1 Å². The Morgan fingerprint density at radius 3 is 2.69 bits per heavy atom. The van der Waals surface area contributed by atoms with Crippen LogP contribution >= 0.6 is 11.8 Å². The van der Waals surface area contributed by atoms with Gasteiger partial charge >= 0.3 is 0 Å². The average molecular weight is 409 g/mol. The highest BCUT2D eigenvalue weighted by Gasteiger charge is 2.17. The Bertz CT molecular complexity index is 956. The SMILES string of the molecule is C=CCn1c(SCC(=O)NCc2ccccc2)nnc1-c1ccccc1OCC. The summed E-state index contributed by atoms with van der Waals surface area (Å²) in [5, 5.41) is 12.2. The van der Waals surface area contributed by atoms with Crippen LogP contribution in [-0.4, -0.2) is 33.0 Å². The molecule has 1 aromatic heterocycles. The number of aromatic nitrogens is 3. The van der Waals surface area contributed by atoms with Gasteiger partial charge in [-0.25, -0.2) is 0 Å². The number of nitrogens with one attached hydrogen (secondary N) is 1. The number of amides is 1. The highest BCUT2D eigenvalue weighted by Crippen LogP contribution is 2.31. The quantitative estimate of drug-likeness (QED) is 0.406. The normalized spacial score (nSPS) is 10.5. The van der Waals surface area contributed by atoms with Gasteiger partial charge in [-0.2, -0.15) is 0 Å². The van der Waals surface area contributed by atoms with Gasteiger partial charge in [-0.05, 0) is 24.6 Å². The Hall–Kier alpha value is -3.06. The lowest BCUT2D eigenvalue weighted by Crippen LogP contribution is -2.24. The third kappa shape index (κ3) is 5.48. The first-order chi connectivity index (χ1) is 14.2. The van der Waals surface area contributed by atoms with Crippen molar-refractivity contribution >= 4 is 17.7 Å². The van der Waals surface area contributed by atoms with E-state index in [1.165, 1.54) is 11.8 Å². The molecule has 0 aliphatic rings. The summed E-state index contributed by atoms with van der Waals surface area (Å²) in [4.78, 5) is 12.2. The number of rotatable bonds is 10. The van der Waals surface area contributed by atoms with Crippen LogP contribution in [-0.2, 0) is 17.9 Å². The molecule has 0 spiro atoms. The van der Waals surface area contributed by atoms with E-state index >= 15 is 0 Å². The topological polar surface area (TPSA) is 69.0 Å². The van der Waals surface area contributed by atoms with Gasteiger partial charge in [-0.1, -0.05) is 60.3 Å². The van der Waals surface area contributed by atoms with Crippen molar-refractivity contribution in [3.8, 4) is 17.1 Å². The van der Waals surface area contributed by atoms with Crippen molar-refractivity contribution in [1.29, 1.82) is 0 Å². The molecule has 0 radical (unpaired) electrons. The summed E-state index contributed by atoms with van der Waals surface area (Å²) in [6.07, 6.45) is 1.79. The maximum atomic E-state index is 12.2. The standard InChI is InChI=1S/C22H24N4O2S/c1-3-14-26-21(18-12-8-9-13-19(18)28-4-2)24-25-22(26)29-16-20(27)23-15-17-10-6-5-7-11-17/h3,5-13H,1,4,14-16H2,2H3,(H,23,27). The van der Waals surface area contributed by atoms with Crippen LogP contribution in [0.15, 0.2) is 72.4 Å². The van der Waals surface area contributed by atoms with Crippen molar-refractivity contribution in [2.75, 3.05) is 12.4 Å². The number of benzene rings is 2. The molecule has 2 aromatic carbocycles. The van der Waals surface area contributed by atoms with Gasteiger partial charge < -0.3 is 10.1 Å². The summed E-state index contributed by atoms with van der Waals surface area (Å²) in [6.45, 7) is 7.39. The number of allylic oxidation sites excluding steroid dienone is 1. The molecule has 7 heteroatoms. The summed E-state index contributed by atoms with van der Waals surface area (Å²) in [5.41, 5.74) is 1.93. The lowest BCUT2D eigenvalue weighted by Gasteiger charge is -2.11. The van der Waals surface area contributed by atoms with E-state index in [1.54, 1.807) is 6.08 Å². The fourth-order valence-corrected chi connectivity index (χ4v) is 3.58. The number of carbonyl (C=O) groups excluding carboxylic acids is 1. The highest BCUT2D eigenvalue weighted by atomic mass is 32.2. The van der Waals surface area contributed by atoms with Crippen LogP contribution in [0.25, 0.3) is 11.4 Å². The van der Waals surface area contributed by atoms with E-state index in [0.717, 1.165) is 16.9 Å². The number of carbonyl (C=O) groups is 1. The molecule has 150 valence electrons. The van der Waals surface area contributed by atoms with Gasteiger partial charge in [0.05, 0.1) is 17.9 Å². The molecule has 0 saturated carbocycles. The lowest BCUT2D eigenvalue weighted by molar-refractivity contribution is -0.118. The van der Waals surface area contributed by atoms with E-state index < -0.39 is 0 Å². The first kappa shape index (κ1) is 20.7. The maximum Gasteiger partial charge on any atom is 0.230 e. The zero-order chi connectivity index (χ0) is 20.5. The second-order valence-electron chi connectivity index (χ2n) is 6.19. The molecule has 1 heterocycles. The molecule has 0 fully saturated rings. The monoisotopic (exact) mass is 408 g/mol. The summed E-state index contributed by atoms with van der Waals surface area (Å²) in [7, 11) is 0. The first-order valence-electron chi connectivity index (χ1n) is 9.42. The Kier molecular flexibility index (Phi) is 7.47. The van der Waals surface area contributed by atoms with Crippen LogP contribution in [0, 0.1) is 0 Å². The van der Waals surface area contributed by atoms with Crippen molar-refractivity contribution in [2.45, 2.75) is 25.2 Å². The van der Waals surface area contributed by atoms with E-state index in [9.17, 15) is 4.79 Å². The molecule has 0 aliphatic carbocycles. The molecule has 6 nitrogen and oxygen atoms in total. The average Bonchev–Trinajstić information content (AvgIpc) is 3.15. The molecular weight excluding hydrogens is 384 g/mol. The molecule has 1 N–H and O–H groups in total. The van der Waals surface area contributed by atoms with Gasteiger partial charge in [0.2, 0.25) is 5.91 Å². The van der Waals surface area contributed by atoms with Crippen molar-refractivity contribution in [3.63, 3.8) is 0 Å². The number of hydrogen-bond donors (Lipinski definition) is 1. The van der Waals surface area contributed by atoms with Crippen LogP contribution in [0.3, 0.4) is 0 Å². The molecule has 0 unspecified atom stereocenters. The summed E-state index contributed by atoms with van der Waals surface area (Å²) in [6, 6.07) is 17.6. The van der Waals surface area contributed by atoms with Gasteiger partial charge in [0.15, 0.2) is 11.0 Å².